The lowest BCUT2D eigenvalue weighted by atomic mass is 10.1. The Morgan fingerprint density at radius 1 is 0.929 bits per heavy atom. The van der Waals surface area contributed by atoms with Gasteiger partial charge in [-0.1, -0.05) is 48.5 Å². The number of ether oxygens (including phenoxy) is 2. The Morgan fingerprint density at radius 3 is 2.43 bits per heavy atom. The van der Waals surface area contributed by atoms with Crippen LogP contribution < -0.4 is 20.3 Å². The largest absolute Gasteiger partial charge is 0.496 e. The monoisotopic (exact) mass is 378 g/mol. The number of methoxy groups -OCH3 is 1. The molecule has 0 aliphatic carbocycles. The average molecular weight is 378 g/mol. The van der Waals surface area contributed by atoms with Crippen LogP contribution in [0.5, 0.6) is 11.5 Å². The molecule has 0 spiro atoms. The van der Waals surface area contributed by atoms with Crippen molar-refractivity contribution in [1.82, 2.24) is 10.9 Å². The van der Waals surface area contributed by atoms with Crippen LogP contribution in [0.4, 0.5) is 0 Å². The second-order valence-electron chi connectivity index (χ2n) is 6.30. The third kappa shape index (κ3) is 4.79. The molecular weight excluding hydrogens is 356 g/mol. The lowest BCUT2D eigenvalue weighted by Gasteiger charge is -2.16. The number of amides is 2. The molecule has 0 unspecified atom stereocenters. The molecule has 0 saturated heterocycles. The number of para-hydroxylation sites is 1. The van der Waals surface area contributed by atoms with Gasteiger partial charge >= 0.3 is 0 Å². The minimum absolute atomic E-state index is 0.0875. The van der Waals surface area contributed by atoms with Crippen molar-refractivity contribution in [2.75, 3.05) is 7.11 Å². The standard InChI is InChI=1S/C22H22N2O4/c1-15(28-19-12-11-16-7-3-4-8-17(16)13-19)22(26)24-23-21(25)14-18-9-5-6-10-20(18)27-2/h3-13,15H,14H2,1-2H3,(H,23,25)(H,24,26)/t15-/m1/s1. The van der Waals surface area contributed by atoms with E-state index in [9.17, 15) is 9.59 Å². The zero-order valence-corrected chi connectivity index (χ0v) is 15.8. The lowest BCUT2D eigenvalue weighted by Crippen LogP contribution is -2.47. The van der Waals surface area contributed by atoms with E-state index in [4.69, 9.17) is 9.47 Å². The van der Waals surface area contributed by atoms with Crippen LogP contribution in [0.15, 0.2) is 66.7 Å². The van der Waals surface area contributed by atoms with Gasteiger partial charge in [-0.3, -0.25) is 20.4 Å². The molecule has 0 radical (unpaired) electrons. The Labute approximate surface area is 163 Å². The highest BCUT2D eigenvalue weighted by molar-refractivity contribution is 5.86. The first-order valence-corrected chi connectivity index (χ1v) is 8.93. The molecule has 3 rings (SSSR count). The van der Waals surface area contributed by atoms with Crippen molar-refractivity contribution in [3.8, 4) is 11.5 Å². The number of hydrazine groups is 1. The number of carbonyl (C=O) groups is 2. The number of rotatable bonds is 6. The number of benzene rings is 3. The van der Waals surface area contributed by atoms with Crippen LogP contribution in [-0.2, 0) is 16.0 Å². The van der Waals surface area contributed by atoms with Crippen LogP contribution in [0.2, 0.25) is 0 Å². The number of hydrogen-bond acceptors (Lipinski definition) is 4. The molecule has 144 valence electrons. The third-order valence-electron chi connectivity index (χ3n) is 4.27. The summed E-state index contributed by atoms with van der Waals surface area (Å²) in [5.74, 6) is 0.413. The Morgan fingerprint density at radius 2 is 1.64 bits per heavy atom. The third-order valence-corrected chi connectivity index (χ3v) is 4.27. The van der Waals surface area contributed by atoms with Gasteiger partial charge in [0.2, 0.25) is 5.91 Å². The first-order chi connectivity index (χ1) is 13.6. The van der Waals surface area contributed by atoms with Gasteiger partial charge in [0.25, 0.3) is 5.91 Å². The van der Waals surface area contributed by atoms with E-state index in [1.807, 2.05) is 54.6 Å². The van der Waals surface area contributed by atoms with Gasteiger partial charge in [0.15, 0.2) is 6.10 Å². The molecule has 0 aliphatic rings. The summed E-state index contributed by atoms with van der Waals surface area (Å²) in [5.41, 5.74) is 5.53. The van der Waals surface area contributed by atoms with Crippen molar-refractivity contribution < 1.29 is 19.1 Å². The van der Waals surface area contributed by atoms with E-state index in [-0.39, 0.29) is 12.3 Å². The van der Waals surface area contributed by atoms with Crippen molar-refractivity contribution in [2.24, 2.45) is 0 Å². The summed E-state index contributed by atoms with van der Waals surface area (Å²) >= 11 is 0. The SMILES string of the molecule is COc1ccccc1CC(=O)NNC(=O)[C@@H](C)Oc1ccc2ccccc2c1. The van der Waals surface area contributed by atoms with Crippen LogP contribution in [0, 0.1) is 0 Å². The predicted octanol–water partition coefficient (Wildman–Crippen LogP) is 3.01. The fraction of sp³-hybridized carbons (Fsp3) is 0.182. The second kappa shape index (κ2) is 8.90. The summed E-state index contributed by atoms with van der Waals surface area (Å²) in [6, 6.07) is 20.7. The van der Waals surface area contributed by atoms with Crippen molar-refractivity contribution in [3.63, 3.8) is 0 Å². The van der Waals surface area contributed by atoms with E-state index in [0.717, 1.165) is 16.3 Å². The summed E-state index contributed by atoms with van der Waals surface area (Å²) < 4.78 is 10.9. The molecule has 28 heavy (non-hydrogen) atoms. The fourth-order valence-corrected chi connectivity index (χ4v) is 2.80. The predicted molar refractivity (Wildman–Crippen MR) is 107 cm³/mol. The maximum absolute atomic E-state index is 12.2. The number of carbonyl (C=O) groups excluding carboxylic acids is 2. The summed E-state index contributed by atoms with van der Waals surface area (Å²) in [6.07, 6.45) is -0.683. The first kappa shape index (κ1) is 19.2. The topological polar surface area (TPSA) is 76.7 Å². The molecule has 3 aromatic rings. The Balaban J connectivity index is 1.52. The van der Waals surface area contributed by atoms with Crippen LogP contribution >= 0.6 is 0 Å². The van der Waals surface area contributed by atoms with Gasteiger partial charge in [-0.25, -0.2) is 0 Å². The highest BCUT2D eigenvalue weighted by Gasteiger charge is 2.16. The lowest BCUT2D eigenvalue weighted by molar-refractivity contribution is -0.132. The molecule has 0 aliphatic heterocycles. The maximum Gasteiger partial charge on any atom is 0.279 e. The molecule has 2 amide bonds. The first-order valence-electron chi connectivity index (χ1n) is 8.93. The molecule has 0 fully saturated rings. The molecule has 0 saturated carbocycles. The van der Waals surface area contributed by atoms with E-state index >= 15 is 0 Å². The van der Waals surface area contributed by atoms with Crippen LogP contribution in [0.25, 0.3) is 10.8 Å². The molecule has 0 bridgehead atoms. The molecule has 1 atom stereocenters. The van der Waals surface area contributed by atoms with Crippen LogP contribution in [-0.4, -0.2) is 25.0 Å². The van der Waals surface area contributed by atoms with E-state index in [2.05, 4.69) is 10.9 Å². The van der Waals surface area contributed by atoms with Gasteiger partial charge in [0, 0.05) is 5.56 Å². The van der Waals surface area contributed by atoms with E-state index in [0.29, 0.717) is 11.5 Å². The summed E-state index contributed by atoms with van der Waals surface area (Å²) in [5, 5.41) is 2.12. The molecule has 6 nitrogen and oxygen atoms in total. The van der Waals surface area contributed by atoms with Crippen molar-refractivity contribution >= 4 is 22.6 Å². The number of nitrogens with one attached hydrogen (secondary N) is 2. The summed E-state index contributed by atoms with van der Waals surface area (Å²) in [7, 11) is 1.55. The molecular formula is C22H22N2O4. The zero-order chi connectivity index (χ0) is 19.9. The molecule has 6 heteroatoms. The Hall–Kier alpha value is -3.54. The Bertz CT molecular complexity index is 987. The molecule has 0 aromatic heterocycles. The van der Waals surface area contributed by atoms with E-state index in [1.165, 1.54) is 0 Å². The highest BCUT2D eigenvalue weighted by Crippen LogP contribution is 2.21. The van der Waals surface area contributed by atoms with Gasteiger partial charge < -0.3 is 9.47 Å². The molecule has 0 heterocycles. The normalized spacial score (nSPS) is 11.5. The van der Waals surface area contributed by atoms with Crippen LogP contribution in [0.3, 0.4) is 0 Å². The highest BCUT2D eigenvalue weighted by atomic mass is 16.5. The second-order valence-corrected chi connectivity index (χ2v) is 6.30. The van der Waals surface area contributed by atoms with Gasteiger partial charge in [-0.15, -0.1) is 0 Å². The van der Waals surface area contributed by atoms with Crippen LogP contribution in [0.1, 0.15) is 12.5 Å². The van der Waals surface area contributed by atoms with Gasteiger partial charge in [-0.2, -0.15) is 0 Å². The minimum atomic E-state index is -0.771. The zero-order valence-electron chi connectivity index (χ0n) is 15.8. The average Bonchev–Trinajstić information content (AvgIpc) is 2.72. The quantitative estimate of drug-likeness (QED) is 0.647. The summed E-state index contributed by atoms with van der Waals surface area (Å²) in [6.45, 7) is 1.62. The summed E-state index contributed by atoms with van der Waals surface area (Å²) in [4.78, 5) is 24.3. The molecule has 3 aromatic carbocycles. The minimum Gasteiger partial charge on any atom is -0.496 e. The smallest absolute Gasteiger partial charge is 0.279 e. The fourth-order valence-electron chi connectivity index (χ4n) is 2.80. The number of hydrogen-bond donors (Lipinski definition) is 2. The van der Waals surface area contributed by atoms with Gasteiger partial charge in [0.1, 0.15) is 11.5 Å². The Kier molecular flexibility index (Phi) is 6.11. The maximum atomic E-state index is 12.2. The van der Waals surface area contributed by atoms with E-state index < -0.39 is 12.0 Å². The van der Waals surface area contributed by atoms with Gasteiger partial charge in [0.05, 0.1) is 13.5 Å². The molecule has 2 N–H and O–H groups in total. The van der Waals surface area contributed by atoms with E-state index in [1.54, 1.807) is 26.2 Å². The van der Waals surface area contributed by atoms with Crippen molar-refractivity contribution in [3.05, 3.63) is 72.3 Å². The van der Waals surface area contributed by atoms with Crippen molar-refractivity contribution in [2.45, 2.75) is 19.4 Å². The van der Waals surface area contributed by atoms with Gasteiger partial charge in [-0.05, 0) is 35.9 Å². The van der Waals surface area contributed by atoms with Crippen molar-refractivity contribution in [1.29, 1.82) is 0 Å². The number of fused-ring (bicyclic) bond motifs is 1.